The van der Waals surface area contributed by atoms with Crippen molar-refractivity contribution in [2.24, 2.45) is 0 Å². The fourth-order valence-electron chi connectivity index (χ4n) is 9.82. The summed E-state index contributed by atoms with van der Waals surface area (Å²) in [6.45, 7) is 40.8. The summed E-state index contributed by atoms with van der Waals surface area (Å²) in [6.07, 6.45) is 0. The van der Waals surface area contributed by atoms with Crippen LogP contribution >= 0.6 is 25.0 Å². The second-order valence-corrected chi connectivity index (χ2v) is 21.7. The monoisotopic (exact) mass is 1290 g/mol. The van der Waals surface area contributed by atoms with Crippen LogP contribution in [0.1, 0.15) is 100 Å². The van der Waals surface area contributed by atoms with E-state index >= 15 is 0 Å². The molecule has 0 N–H and O–H groups in total. The van der Waals surface area contributed by atoms with Crippen LogP contribution in [0.5, 0.6) is 0 Å². The minimum absolute atomic E-state index is 0. The Kier molecular flexibility index (Phi) is 22.3. The van der Waals surface area contributed by atoms with Crippen molar-refractivity contribution in [1.29, 1.82) is 0 Å². The summed E-state index contributed by atoms with van der Waals surface area (Å²) in [6, 6.07) is 28.3. The summed E-state index contributed by atoms with van der Waals surface area (Å²) < 4.78 is 39.0. The molecular formula is C54H66Au2BClF4P2. The number of rotatable bonds is 6. The van der Waals surface area contributed by atoms with E-state index in [1.54, 1.807) is 20.0 Å². The van der Waals surface area contributed by atoms with E-state index < -0.39 is 23.1 Å². The van der Waals surface area contributed by atoms with Gasteiger partial charge in [0.25, 0.3) is 0 Å². The third-order valence-corrected chi connectivity index (χ3v) is 18.1. The summed E-state index contributed by atoms with van der Waals surface area (Å²) >= 11 is 1.75. The third kappa shape index (κ3) is 14.9. The van der Waals surface area contributed by atoms with Crippen LogP contribution in [-0.4, -0.2) is 7.25 Å². The fourth-order valence-corrected chi connectivity index (χ4v) is 16.2. The molecule has 6 aromatic carbocycles. The predicted octanol–water partition coefficient (Wildman–Crippen LogP) is 14.4. The number of hydrogen-bond acceptors (Lipinski definition) is 0. The van der Waals surface area contributed by atoms with E-state index in [-0.39, 0.29) is 22.4 Å². The summed E-state index contributed by atoms with van der Waals surface area (Å²) in [5.74, 6) is 0. The van der Waals surface area contributed by atoms with Crippen LogP contribution < -0.4 is 31.8 Å². The molecule has 0 bridgehead atoms. The fraction of sp³-hybridized carbons (Fsp3) is 0.333. The van der Waals surface area contributed by atoms with E-state index in [0.29, 0.717) is 0 Å². The van der Waals surface area contributed by atoms with Gasteiger partial charge in [0.05, 0.1) is 0 Å². The van der Waals surface area contributed by atoms with Gasteiger partial charge >= 0.3 is 58.8 Å². The quantitative estimate of drug-likeness (QED) is 0.0886. The second-order valence-electron chi connectivity index (χ2n) is 17.6. The van der Waals surface area contributed by atoms with Gasteiger partial charge in [-0.1, -0.05) is 106 Å². The molecule has 0 nitrogen and oxygen atoms in total. The topological polar surface area (TPSA) is 0 Å². The van der Waals surface area contributed by atoms with Crippen molar-refractivity contribution in [3.63, 3.8) is 0 Å². The van der Waals surface area contributed by atoms with E-state index in [1.165, 1.54) is 132 Å². The van der Waals surface area contributed by atoms with Crippen molar-refractivity contribution >= 4 is 64.1 Å². The summed E-state index contributed by atoms with van der Waals surface area (Å²) in [7, 11) is -2.63. The van der Waals surface area contributed by atoms with Gasteiger partial charge in [-0.2, -0.15) is 0 Å². The van der Waals surface area contributed by atoms with Gasteiger partial charge in [0.15, 0.2) is 0 Å². The van der Waals surface area contributed by atoms with Crippen molar-refractivity contribution in [3.8, 4) is 0 Å². The molecule has 0 aliphatic rings. The van der Waals surface area contributed by atoms with E-state index in [4.69, 9.17) is 0 Å². The zero-order chi connectivity index (χ0) is 48.0. The molecule has 0 amide bonds. The van der Waals surface area contributed by atoms with Gasteiger partial charge in [0.2, 0.25) is 0 Å². The van der Waals surface area contributed by atoms with Crippen LogP contribution in [-0.2, 0) is 42.4 Å². The molecule has 6 rings (SSSR count). The zero-order valence-corrected chi connectivity index (χ0v) is 47.8. The molecule has 0 saturated carbocycles. The van der Waals surface area contributed by atoms with Crippen LogP contribution in [0.15, 0.2) is 72.8 Å². The van der Waals surface area contributed by atoms with E-state index in [0.717, 1.165) is 0 Å². The molecule has 10 heteroatoms. The number of aryl methyl sites for hydroxylation is 18. The molecule has 0 aliphatic heterocycles. The average molecular weight is 1290 g/mol. The molecule has 0 spiro atoms. The molecule has 0 radical (unpaired) electrons. The van der Waals surface area contributed by atoms with Crippen LogP contribution in [0.25, 0.3) is 0 Å². The molecule has 0 saturated heterocycles. The Morgan fingerprint density at radius 2 is 0.359 bits per heavy atom. The summed E-state index contributed by atoms with van der Waals surface area (Å²) in [4.78, 5) is 0. The Morgan fingerprint density at radius 1 is 0.281 bits per heavy atom. The molecular weight excluding hydrogens is 1230 g/mol. The van der Waals surface area contributed by atoms with Gasteiger partial charge in [-0.05, 0) is 239 Å². The van der Waals surface area contributed by atoms with Crippen molar-refractivity contribution in [1.82, 2.24) is 0 Å². The van der Waals surface area contributed by atoms with Crippen LogP contribution in [0.4, 0.5) is 17.3 Å². The van der Waals surface area contributed by atoms with Gasteiger partial charge in [0.1, 0.15) is 0 Å². The first-order valence-corrected chi connectivity index (χ1v) is 26.6. The van der Waals surface area contributed by atoms with Crippen LogP contribution in [0.3, 0.4) is 0 Å². The Morgan fingerprint density at radius 3 is 0.438 bits per heavy atom. The van der Waals surface area contributed by atoms with Gasteiger partial charge in [-0.15, -0.1) is 0 Å². The normalized spacial score (nSPS) is 11.0. The molecule has 0 aliphatic carbocycles. The van der Waals surface area contributed by atoms with E-state index in [1.807, 2.05) is 0 Å². The van der Waals surface area contributed by atoms with Crippen LogP contribution in [0, 0.1) is 125 Å². The molecule has 64 heavy (non-hydrogen) atoms. The average Bonchev–Trinajstić information content (AvgIpc) is 3.09. The Balaban J connectivity index is 0.000000379. The number of hydrogen-bond donors (Lipinski definition) is 0. The van der Waals surface area contributed by atoms with Gasteiger partial charge in [-0.3, -0.25) is 0 Å². The zero-order valence-electron chi connectivity index (χ0n) is 40.9. The maximum absolute atomic E-state index is 9.75. The standard InChI is InChI=1S/2C27H33P.2Au.BF4.ClH/c2*1-16-10-19(4)25(20(5)11-16)28(26-21(6)12-17(2)13-22(26)7)27-23(8)14-18(3)15-24(27)9;;;2-1(3,4)5;/h2*10-15H,1-9H3;;;;1H/q;;2*+1;-1;/p-1. The molecule has 0 atom stereocenters. The Bertz CT molecular complexity index is 2010. The maximum atomic E-state index is 9.75. The van der Waals surface area contributed by atoms with Crippen molar-refractivity contribution in [2.75, 3.05) is 0 Å². The van der Waals surface area contributed by atoms with Gasteiger partial charge in [0, 0.05) is 0 Å². The van der Waals surface area contributed by atoms with Crippen LogP contribution in [0.2, 0.25) is 0 Å². The molecule has 0 unspecified atom stereocenters. The van der Waals surface area contributed by atoms with E-state index in [2.05, 4.69) is 207 Å². The minimum atomic E-state index is -6.00. The Hall–Kier alpha value is -2.26. The first-order chi connectivity index (χ1) is 29.2. The van der Waals surface area contributed by atoms with E-state index in [9.17, 15) is 17.3 Å². The first-order valence-electron chi connectivity index (χ1n) is 21.3. The SMILES string of the molecule is Cc1cc(C)c(P(c2c(C)cc(C)cc2C)c2c(C)cc(C)cc2C)c(C)c1.Cc1cc(C)c(P(c2c(C)cc(C)cc2C)c2c(C)cc(C)cc2C)c(C)c1.F[B-](F)(F)F.[Au+].[Cl][Au]. The third-order valence-electron chi connectivity index (χ3n) is 11.2. The second kappa shape index (κ2) is 24.7. The summed E-state index contributed by atoms with van der Waals surface area (Å²) in [5.41, 5.74) is 25.1. The molecule has 0 fully saturated rings. The summed E-state index contributed by atoms with van der Waals surface area (Å²) in [5, 5.41) is 9.20. The van der Waals surface area contributed by atoms with Gasteiger partial charge < -0.3 is 17.3 Å². The molecule has 6 aromatic rings. The number of benzene rings is 6. The Labute approximate surface area is 418 Å². The van der Waals surface area contributed by atoms with Crippen molar-refractivity contribution in [2.45, 2.75) is 125 Å². The molecule has 0 heterocycles. The van der Waals surface area contributed by atoms with Crippen molar-refractivity contribution in [3.05, 3.63) is 173 Å². The molecule has 352 valence electrons. The first kappa shape index (κ1) is 57.9. The number of halogens is 5. The predicted molar refractivity (Wildman–Crippen MR) is 272 cm³/mol. The van der Waals surface area contributed by atoms with Gasteiger partial charge in [-0.25, -0.2) is 0 Å². The molecule has 0 aromatic heterocycles. The van der Waals surface area contributed by atoms with Crippen molar-refractivity contribution < 1.29 is 59.6 Å².